The van der Waals surface area contributed by atoms with Crippen LogP contribution in [0.2, 0.25) is 5.02 Å². The highest BCUT2D eigenvalue weighted by atomic mass is 35.5. The SMILES string of the molecule is O=C(CN1CCC(C(=O)O)C1)Nc1ccnn1Cc1ccccc1Cl. The molecule has 1 aliphatic rings. The number of likely N-dealkylation sites (tertiary alicyclic amines) is 1. The molecule has 3 rings (SSSR count). The van der Waals surface area contributed by atoms with Gasteiger partial charge in [-0.2, -0.15) is 5.10 Å². The number of aromatic nitrogens is 2. The summed E-state index contributed by atoms with van der Waals surface area (Å²) in [6.07, 6.45) is 2.19. The van der Waals surface area contributed by atoms with Crippen molar-refractivity contribution in [2.24, 2.45) is 5.92 Å². The fourth-order valence-corrected chi connectivity index (χ4v) is 3.11. The average Bonchev–Trinajstić information content (AvgIpc) is 3.20. The van der Waals surface area contributed by atoms with Crippen LogP contribution in [0.15, 0.2) is 36.5 Å². The smallest absolute Gasteiger partial charge is 0.307 e. The molecule has 1 aromatic heterocycles. The highest BCUT2D eigenvalue weighted by Crippen LogP contribution is 2.19. The van der Waals surface area contributed by atoms with Crippen LogP contribution in [-0.4, -0.2) is 51.3 Å². The molecule has 0 radical (unpaired) electrons. The first-order chi connectivity index (χ1) is 12.0. The molecule has 132 valence electrons. The number of carbonyl (C=O) groups excluding carboxylic acids is 1. The highest BCUT2D eigenvalue weighted by Gasteiger charge is 2.29. The van der Waals surface area contributed by atoms with Crippen molar-refractivity contribution in [2.45, 2.75) is 13.0 Å². The topological polar surface area (TPSA) is 87.5 Å². The number of amides is 1. The number of nitrogens with zero attached hydrogens (tertiary/aromatic N) is 3. The Bertz CT molecular complexity index is 777. The molecule has 1 aliphatic heterocycles. The van der Waals surface area contributed by atoms with E-state index < -0.39 is 11.9 Å². The van der Waals surface area contributed by atoms with Crippen LogP contribution in [0.1, 0.15) is 12.0 Å². The number of nitrogens with one attached hydrogen (secondary N) is 1. The van der Waals surface area contributed by atoms with Gasteiger partial charge in [-0.3, -0.25) is 14.5 Å². The molecule has 1 atom stereocenters. The molecule has 0 aliphatic carbocycles. The molecule has 1 amide bonds. The van der Waals surface area contributed by atoms with Gasteiger partial charge in [0.25, 0.3) is 0 Å². The van der Waals surface area contributed by atoms with E-state index >= 15 is 0 Å². The van der Waals surface area contributed by atoms with Crippen LogP contribution in [0.5, 0.6) is 0 Å². The van der Waals surface area contributed by atoms with E-state index in [1.165, 1.54) is 0 Å². The summed E-state index contributed by atoms with van der Waals surface area (Å²) in [7, 11) is 0. The van der Waals surface area contributed by atoms with Gasteiger partial charge in [-0.15, -0.1) is 0 Å². The first kappa shape index (κ1) is 17.4. The molecule has 1 fully saturated rings. The van der Waals surface area contributed by atoms with Crippen LogP contribution < -0.4 is 5.32 Å². The van der Waals surface area contributed by atoms with E-state index in [2.05, 4.69) is 10.4 Å². The maximum absolute atomic E-state index is 12.2. The molecular weight excluding hydrogens is 344 g/mol. The molecule has 1 saturated heterocycles. The van der Waals surface area contributed by atoms with Crippen molar-refractivity contribution < 1.29 is 14.7 Å². The van der Waals surface area contributed by atoms with E-state index in [4.69, 9.17) is 16.7 Å². The fraction of sp³-hybridized carbons (Fsp3) is 0.353. The average molecular weight is 363 g/mol. The van der Waals surface area contributed by atoms with Crippen molar-refractivity contribution in [3.8, 4) is 0 Å². The van der Waals surface area contributed by atoms with Gasteiger partial charge in [0.15, 0.2) is 0 Å². The summed E-state index contributed by atoms with van der Waals surface area (Å²) in [5.74, 6) is -0.801. The van der Waals surface area contributed by atoms with E-state index in [-0.39, 0.29) is 12.5 Å². The molecule has 8 heteroatoms. The van der Waals surface area contributed by atoms with Gasteiger partial charge in [0.1, 0.15) is 5.82 Å². The van der Waals surface area contributed by atoms with E-state index in [1.54, 1.807) is 16.9 Å². The predicted molar refractivity (Wildman–Crippen MR) is 93.6 cm³/mol. The summed E-state index contributed by atoms with van der Waals surface area (Å²) < 4.78 is 1.67. The molecule has 25 heavy (non-hydrogen) atoms. The summed E-state index contributed by atoms with van der Waals surface area (Å²) in [6, 6.07) is 9.20. The third kappa shape index (κ3) is 4.37. The number of halogens is 1. The number of rotatable bonds is 6. The van der Waals surface area contributed by atoms with Crippen molar-refractivity contribution in [3.05, 3.63) is 47.1 Å². The number of anilines is 1. The van der Waals surface area contributed by atoms with E-state index in [0.717, 1.165) is 5.56 Å². The van der Waals surface area contributed by atoms with Gasteiger partial charge in [0.05, 0.1) is 25.2 Å². The zero-order valence-electron chi connectivity index (χ0n) is 13.6. The molecule has 1 aromatic carbocycles. The Morgan fingerprint density at radius 2 is 2.12 bits per heavy atom. The summed E-state index contributed by atoms with van der Waals surface area (Å²) in [5, 5.41) is 16.7. The second-order valence-corrected chi connectivity index (χ2v) is 6.48. The third-order valence-corrected chi connectivity index (χ3v) is 4.62. The molecule has 2 N–H and O–H groups in total. The monoisotopic (exact) mass is 362 g/mol. The lowest BCUT2D eigenvalue weighted by molar-refractivity contribution is -0.141. The number of carbonyl (C=O) groups is 2. The second kappa shape index (κ2) is 7.67. The number of carboxylic acids is 1. The number of aliphatic carboxylic acids is 1. The van der Waals surface area contributed by atoms with Crippen molar-refractivity contribution in [1.82, 2.24) is 14.7 Å². The van der Waals surface area contributed by atoms with E-state index in [1.807, 2.05) is 29.2 Å². The second-order valence-electron chi connectivity index (χ2n) is 6.07. The molecule has 0 saturated carbocycles. The zero-order valence-corrected chi connectivity index (χ0v) is 14.3. The Morgan fingerprint density at radius 3 is 2.84 bits per heavy atom. The third-order valence-electron chi connectivity index (χ3n) is 4.25. The lowest BCUT2D eigenvalue weighted by atomic mass is 10.1. The quantitative estimate of drug-likeness (QED) is 0.819. The van der Waals surface area contributed by atoms with Crippen molar-refractivity contribution in [3.63, 3.8) is 0 Å². The Labute approximate surface area is 150 Å². The Balaban J connectivity index is 1.59. The number of carboxylic acid groups (broad SMARTS) is 1. The summed E-state index contributed by atoms with van der Waals surface area (Å²) in [5.41, 5.74) is 0.909. The number of hydrogen-bond acceptors (Lipinski definition) is 4. The molecular formula is C17H19ClN4O3. The van der Waals surface area contributed by atoms with Gasteiger partial charge in [-0.25, -0.2) is 4.68 Å². The summed E-state index contributed by atoms with van der Waals surface area (Å²) >= 11 is 6.17. The number of hydrogen-bond donors (Lipinski definition) is 2. The molecule has 0 bridgehead atoms. The largest absolute Gasteiger partial charge is 0.481 e. The zero-order chi connectivity index (χ0) is 17.8. The van der Waals surface area contributed by atoms with Gasteiger partial charge >= 0.3 is 5.97 Å². The van der Waals surface area contributed by atoms with Crippen LogP contribution in [-0.2, 0) is 16.1 Å². The Kier molecular flexibility index (Phi) is 5.35. The maximum Gasteiger partial charge on any atom is 0.307 e. The Morgan fingerprint density at radius 1 is 1.32 bits per heavy atom. The molecule has 0 spiro atoms. The molecule has 2 heterocycles. The van der Waals surface area contributed by atoms with Gasteiger partial charge in [0.2, 0.25) is 5.91 Å². The summed E-state index contributed by atoms with van der Waals surface area (Å²) in [4.78, 5) is 25.1. The molecule has 1 unspecified atom stereocenters. The van der Waals surface area contributed by atoms with Gasteiger partial charge < -0.3 is 10.4 Å². The van der Waals surface area contributed by atoms with Crippen molar-refractivity contribution in [2.75, 3.05) is 25.0 Å². The van der Waals surface area contributed by atoms with E-state index in [0.29, 0.717) is 36.9 Å². The maximum atomic E-state index is 12.2. The predicted octanol–water partition coefficient (Wildman–Crippen LogP) is 1.93. The van der Waals surface area contributed by atoms with Crippen LogP contribution >= 0.6 is 11.6 Å². The first-order valence-corrected chi connectivity index (χ1v) is 8.41. The lowest BCUT2D eigenvalue weighted by Gasteiger charge is -2.15. The minimum Gasteiger partial charge on any atom is -0.481 e. The van der Waals surface area contributed by atoms with Crippen molar-refractivity contribution >= 4 is 29.3 Å². The van der Waals surface area contributed by atoms with Crippen LogP contribution in [0.4, 0.5) is 5.82 Å². The van der Waals surface area contributed by atoms with Crippen LogP contribution in [0.3, 0.4) is 0 Å². The summed E-state index contributed by atoms with van der Waals surface area (Å²) in [6.45, 7) is 1.64. The first-order valence-electron chi connectivity index (χ1n) is 8.03. The standard InChI is InChI=1S/C17H19ClN4O3/c18-14-4-2-1-3-12(14)10-22-15(5-7-19-22)20-16(23)11-21-8-6-13(9-21)17(24)25/h1-5,7,13H,6,8-11H2,(H,20,23)(H,24,25). The van der Waals surface area contributed by atoms with Gasteiger partial charge in [-0.05, 0) is 24.6 Å². The van der Waals surface area contributed by atoms with Gasteiger partial charge in [0, 0.05) is 17.6 Å². The van der Waals surface area contributed by atoms with Crippen LogP contribution in [0.25, 0.3) is 0 Å². The van der Waals surface area contributed by atoms with Crippen LogP contribution in [0, 0.1) is 5.92 Å². The normalized spacial score (nSPS) is 17.6. The molecule has 2 aromatic rings. The van der Waals surface area contributed by atoms with E-state index in [9.17, 15) is 9.59 Å². The Hall–Kier alpha value is -2.38. The lowest BCUT2D eigenvalue weighted by Crippen LogP contribution is -2.33. The number of benzene rings is 1. The minimum absolute atomic E-state index is 0.168. The highest BCUT2D eigenvalue weighted by molar-refractivity contribution is 6.31. The minimum atomic E-state index is -0.805. The fourth-order valence-electron chi connectivity index (χ4n) is 2.92. The molecule has 7 nitrogen and oxygen atoms in total. The van der Waals surface area contributed by atoms with Crippen molar-refractivity contribution in [1.29, 1.82) is 0 Å². The van der Waals surface area contributed by atoms with Gasteiger partial charge in [-0.1, -0.05) is 29.8 Å².